The predicted molar refractivity (Wildman–Crippen MR) is 77.0 cm³/mol. The first-order valence-electron chi connectivity index (χ1n) is 6.55. The summed E-state index contributed by atoms with van der Waals surface area (Å²) in [5, 5.41) is 0. The van der Waals surface area contributed by atoms with Crippen LogP contribution in [0.4, 0.5) is 4.39 Å². The van der Waals surface area contributed by atoms with E-state index in [2.05, 4.69) is 30.3 Å². The molecule has 0 bridgehead atoms. The third-order valence-corrected chi connectivity index (χ3v) is 3.60. The van der Waals surface area contributed by atoms with Gasteiger partial charge in [0, 0.05) is 6.04 Å². The lowest BCUT2D eigenvalue weighted by Gasteiger charge is -2.05. The fourth-order valence-corrected chi connectivity index (χ4v) is 2.51. The Morgan fingerprint density at radius 1 is 0.842 bits per heavy atom. The van der Waals surface area contributed by atoms with Crippen molar-refractivity contribution < 1.29 is 4.39 Å². The molecule has 0 saturated carbocycles. The van der Waals surface area contributed by atoms with Crippen LogP contribution >= 0.6 is 0 Å². The molecule has 0 aromatic heterocycles. The van der Waals surface area contributed by atoms with Crippen LogP contribution in [-0.4, -0.2) is 6.04 Å². The Kier molecular flexibility index (Phi) is 3.18. The number of benzene rings is 2. The largest absolute Gasteiger partial charge is 0.324 e. The van der Waals surface area contributed by atoms with Crippen molar-refractivity contribution >= 4 is 5.57 Å². The lowest BCUT2D eigenvalue weighted by molar-refractivity contribution is 0.628. The minimum absolute atomic E-state index is 0.201. The normalized spacial score (nSPS) is 18.4. The van der Waals surface area contributed by atoms with Crippen molar-refractivity contribution in [2.24, 2.45) is 5.73 Å². The summed E-state index contributed by atoms with van der Waals surface area (Å²) >= 11 is 0. The average molecular weight is 253 g/mol. The highest BCUT2D eigenvalue weighted by Gasteiger charge is 2.13. The second kappa shape index (κ2) is 4.98. The van der Waals surface area contributed by atoms with Crippen LogP contribution in [0, 0.1) is 5.82 Å². The van der Waals surface area contributed by atoms with Crippen molar-refractivity contribution in [3.63, 3.8) is 0 Å². The Bertz CT molecular complexity index is 596. The first-order chi connectivity index (χ1) is 9.22. The van der Waals surface area contributed by atoms with Gasteiger partial charge in [-0.15, -0.1) is 0 Å². The molecule has 1 unspecified atom stereocenters. The Hall–Kier alpha value is -1.93. The molecular formula is C17H16FN. The first-order valence-corrected chi connectivity index (χ1v) is 6.55. The van der Waals surface area contributed by atoms with E-state index in [9.17, 15) is 4.39 Å². The number of halogens is 1. The van der Waals surface area contributed by atoms with Gasteiger partial charge in [0.1, 0.15) is 5.82 Å². The van der Waals surface area contributed by atoms with Gasteiger partial charge in [-0.05, 0) is 47.2 Å². The maximum atomic E-state index is 12.9. The standard InChI is InChI=1S/C17H16FN/c18-16-8-5-13(6-9-16)12-1-3-14(4-2-12)15-7-10-17(19)11-15/h1-6,8-9,11,17H,7,10,19H2. The molecule has 0 spiro atoms. The van der Waals surface area contributed by atoms with Crippen LogP contribution in [-0.2, 0) is 0 Å². The van der Waals surface area contributed by atoms with E-state index >= 15 is 0 Å². The molecule has 1 aliphatic carbocycles. The zero-order valence-corrected chi connectivity index (χ0v) is 10.6. The summed E-state index contributed by atoms with van der Waals surface area (Å²) in [5.74, 6) is -0.203. The lowest BCUT2D eigenvalue weighted by Crippen LogP contribution is -2.11. The Labute approximate surface area is 112 Å². The summed E-state index contributed by atoms with van der Waals surface area (Å²) in [4.78, 5) is 0. The van der Waals surface area contributed by atoms with Gasteiger partial charge in [-0.2, -0.15) is 0 Å². The molecule has 1 nitrogen and oxygen atoms in total. The van der Waals surface area contributed by atoms with Gasteiger partial charge in [-0.3, -0.25) is 0 Å². The van der Waals surface area contributed by atoms with Crippen LogP contribution in [0.3, 0.4) is 0 Å². The van der Waals surface area contributed by atoms with Crippen LogP contribution in [0.15, 0.2) is 54.6 Å². The van der Waals surface area contributed by atoms with E-state index in [1.807, 2.05) is 0 Å². The van der Waals surface area contributed by atoms with E-state index in [-0.39, 0.29) is 11.9 Å². The van der Waals surface area contributed by atoms with Crippen molar-refractivity contribution in [1.82, 2.24) is 0 Å². The van der Waals surface area contributed by atoms with E-state index in [0.29, 0.717) is 0 Å². The topological polar surface area (TPSA) is 26.0 Å². The maximum absolute atomic E-state index is 12.9. The van der Waals surface area contributed by atoms with Gasteiger partial charge >= 0.3 is 0 Å². The average Bonchev–Trinajstić information content (AvgIpc) is 2.87. The van der Waals surface area contributed by atoms with Crippen LogP contribution < -0.4 is 5.73 Å². The van der Waals surface area contributed by atoms with Gasteiger partial charge in [0.15, 0.2) is 0 Å². The Morgan fingerprint density at radius 2 is 1.37 bits per heavy atom. The minimum Gasteiger partial charge on any atom is -0.324 e. The summed E-state index contributed by atoms with van der Waals surface area (Å²) in [6.07, 6.45) is 4.24. The fraction of sp³-hybridized carbons (Fsp3) is 0.176. The number of rotatable bonds is 2. The quantitative estimate of drug-likeness (QED) is 0.860. The molecule has 3 rings (SSSR count). The molecular weight excluding hydrogens is 237 g/mol. The maximum Gasteiger partial charge on any atom is 0.123 e. The summed E-state index contributed by atoms with van der Waals surface area (Å²) in [6, 6.07) is 15.2. The van der Waals surface area contributed by atoms with E-state index in [1.165, 1.54) is 23.3 Å². The van der Waals surface area contributed by atoms with Gasteiger partial charge in [0.2, 0.25) is 0 Å². The second-order valence-corrected chi connectivity index (χ2v) is 4.98. The highest BCUT2D eigenvalue weighted by molar-refractivity contribution is 5.72. The van der Waals surface area contributed by atoms with Gasteiger partial charge in [-0.25, -0.2) is 4.39 Å². The zero-order chi connectivity index (χ0) is 13.2. The molecule has 0 saturated heterocycles. The SMILES string of the molecule is NC1C=C(c2ccc(-c3ccc(F)cc3)cc2)CC1. The number of hydrogen-bond donors (Lipinski definition) is 1. The summed E-state index contributed by atoms with van der Waals surface area (Å²) in [6.45, 7) is 0. The molecule has 0 aliphatic heterocycles. The minimum atomic E-state index is -0.203. The Balaban J connectivity index is 1.87. The van der Waals surface area contributed by atoms with Crippen LogP contribution in [0.2, 0.25) is 0 Å². The summed E-state index contributed by atoms with van der Waals surface area (Å²) in [5.41, 5.74) is 10.6. The second-order valence-electron chi connectivity index (χ2n) is 4.98. The molecule has 2 N–H and O–H groups in total. The summed E-state index contributed by atoms with van der Waals surface area (Å²) < 4.78 is 12.9. The first kappa shape index (κ1) is 12.1. The number of allylic oxidation sites excluding steroid dienone is 1. The predicted octanol–water partition coefficient (Wildman–Crippen LogP) is 4.00. The van der Waals surface area contributed by atoms with Crippen molar-refractivity contribution in [3.05, 3.63) is 66.0 Å². The molecule has 0 amide bonds. The molecule has 1 atom stereocenters. The van der Waals surface area contributed by atoms with Gasteiger partial charge in [0.25, 0.3) is 0 Å². The molecule has 0 fully saturated rings. The monoisotopic (exact) mass is 253 g/mol. The van der Waals surface area contributed by atoms with Crippen molar-refractivity contribution in [3.8, 4) is 11.1 Å². The van der Waals surface area contributed by atoms with E-state index in [4.69, 9.17) is 5.73 Å². The van der Waals surface area contributed by atoms with Gasteiger partial charge in [-0.1, -0.05) is 42.5 Å². The van der Waals surface area contributed by atoms with E-state index in [0.717, 1.165) is 24.0 Å². The molecule has 0 heterocycles. The number of nitrogens with two attached hydrogens (primary N) is 1. The van der Waals surface area contributed by atoms with Gasteiger partial charge in [0.05, 0.1) is 0 Å². The molecule has 2 heteroatoms. The third kappa shape index (κ3) is 2.59. The van der Waals surface area contributed by atoms with Gasteiger partial charge < -0.3 is 5.73 Å². The zero-order valence-electron chi connectivity index (χ0n) is 10.6. The molecule has 0 radical (unpaired) electrons. The number of hydrogen-bond acceptors (Lipinski definition) is 1. The summed E-state index contributed by atoms with van der Waals surface area (Å²) in [7, 11) is 0. The smallest absolute Gasteiger partial charge is 0.123 e. The fourth-order valence-electron chi connectivity index (χ4n) is 2.51. The van der Waals surface area contributed by atoms with Crippen LogP contribution in [0.5, 0.6) is 0 Å². The van der Waals surface area contributed by atoms with Crippen LogP contribution in [0.1, 0.15) is 18.4 Å². The third-order valence-electron chi connectivity index (χ3n) is 3.60. The van der Waals surface area contributed by atoms with E-state index in [1.54, 1.807) is 12.1 Å². The molecule has 1 aliphatic rings. The van der Waals surface area contributed by atoms with Crippen LogP contribution in [0.25, 0.3) is 16.7 Å². The molecule has 19 heavy (non-hydrogen) atoms. The Morgan fingerprint density at radius 3 is 1.89 bits per heavy atom. The lowest BCUT2D eigenvalue weighted by atomic mass is 10.00. The molecule has 2 aromatic rings. The van der Waals surface area contributed by atoms with Crippen molar-refractivity contribution in [1.29, 1.82) is 0 Å². The van der Waals surface area contributed by atoms with E-state index < -0.39 is 0 Å². The van der Waals surface area contributed by atoms with Crippen molar-refractivity contribution in [2.75, 3.05) is 0 Å². The molecule has 96 valence electrons. The highest BCUT2D eigenvalue weighted by atomic mass is 19.1. The highest BCUT2D eigenvalue weighted by Crippen LogP contribution is 2.29. The van der Waals surface area contributed by atoms with Crippen molar-refractivity contribution in [2.45, 2.75) is 18.9 Å². The molecule has 2 aromatic carbocycles.